The van der Waals surface area contributed by atoms with Crippen LogP contribution >= 0.6 is 0 Å². The van der Waals surface area contributed by atoms with E-state index in [1.165, 1.54) is 31.3 Å². The molecule has 3 rings (SSSR count). The lowest BCUT2D eigenvalue weighted by molar-refractivity contribution is 0.597. The Morgan fingerprint density at radius 2 is 2.00 bits per heavy atom. The lowest BCUT2D eigenvalue weighted by Crippen LogP contribution is -2.19. The summed E-state index contributed by atoms with van der Waals surface area (Å²) in [6.07, 6.45) is 5.27. The fraction of sp³-hybridized carbons (Fsp3) is 0.333. The van der Waals surface area contributed by atoms with Crippen molar-refractivity contribution < 1.29 is 8.42 Å². The number of aromatic amines is 1. The number of hydrogen-bond acceptors (Lipinski definition) is 5. The molecule has 2 N–H and O–H groups in total. The minimum Gasteiger partial charge on any atom is -0.357 e. The normalized spacial score (nSPS) is 15.5. The number of nitrogens with zero attached hydrogens (tertiary/aromatic N) is 3. The fourth-order valence-corrected chi connectivity index (χ4v) is 3.14. The van der Waals surface area contributed by atoms with Gasteiger partial charge in [-0.1, -0.05) is 0 Å². The quantitative estimate of drug-likeness (QED) is 0.884. The van der Waals surface area contributed by atoms with Gasteiger partial charge >= 0.3 is 0 Å². The van der Waals surface area contributed by atoms with E-state index in [1.54, 1.807) is 6.07 Å². The highest BCUT2D eigenvalue weighted by atomic mass is 32.2. The number of sulfonamides is 1. The highest BCUT2D eigenvalue weighted by molar-refractivity contribution is 7.92. The second-order valence-corrected chi connectivity index (χ2v) is 6.28. The number of aromatic nitrogens is 3. The van der Waals surface area contributed by atoms with Crippen LogP contribution in [0.25, 0.3) is 0 Å². The van der Waals surface area contributed by atoms with Gasteiger partial charge in [-0.05, 0) is 31.0 Å². The van der Waals surface area contributed by atoms with Gasteiger partial charge in [-0.2, -0.15) is 13.5 Å². The average molecular weight is 293 g/mol. The van der Waals surface area contributed by atoms with Crippen LogP contribution in [-0.4, -0.2) is 36.7 Å². The van der Waals surface area contributed by atoms with Crippen LogP contribution in [0.15, 0.2) is 35.6 Å². The third kappa shape index (κ3) is 2.60. The minimum atomic E-state index is -3.62. The number of pyridine rings is 1. The van der Waals surface area contributed by atoms with Crippen molar-refractivity contribution in [2.24, 2.45) is 0 Å². The Hall–Kier alpha value is -2.09. The largest absolute Gasteiger partial charge is 0.357 e. The molecule has 1 aliphatic heterocycles. The predicted molar refractivity (Wildman–Crippen MR) is 75.1 cm³/mol. The molecular formula is C12H15N5O2S. The van der Waals surface area contributed by atoms with E-state index >= 15 is 0 Å². The molecule has 106 valence electrons. The molecule has 0 unspecified atom stereocenters. The first-order valence-electron chi connectivity index (χ1n) is 6.38. The Labute approximate surface area is 117 Å². The van der Waals surface area contributed by atoms with Crippen LogP contribution < -0.4 is 9.62 Å². The average Bonchev–Trinajstić information content (AvgIpc) is 3.13. The van der Waals surface area contributed by atoms with E-state index in [-0.39, 0.29) is 5.03 Å². The van der Waals surface area contributed by atoms with E-state index in [0.29, 0.717) is 5.69 Å². The molecule has 1 fully saturated rings. The Morgan fingerprint density at radius 3 is 2.60 bits per heavy atom. The van der Waals surface area contributed by atoms with E-state index in [2.05, 4.69) is 24.8 Å². The Balaban J connectivity index is 1.75. The highest BCUT2D eigenvalue weighted by Crippen LogP contribution is 2.20. The third-order valence-electron chi connectivity index (χ3n) is 3.19. The van der Waals surface area contributed by atoms with E-state index in [9.17, 15) is 8.42 Å². The molecular weight excluding hydrogens is 278 g/mol. The Morgan fingerprint density at radius 1 is 1.20 bits per heavy atom. The van der Waals surface area contributed by atoms with Gasteiger partial charge < -0.3 is 4.90 Å². The van der Waals surface area contributed by atoms with Crippen molar-refractivity contribution >= 4 is 21.5 Å². The van der Waals surface area contributed by atoms with E-state index < -0.39 is 10.0 Å². The molecule has 1 aliphatic rings. The molecule has 8 heteroatoms. The van der Waals surface area contributed by atoms with Crippen LogP contribution in [0.3, 0.4) is 0 Å². The van der Waals surface area contributed by atoms with Gasteiger partial charge in [-0.3, -0.25) is 9.82 Å². The van der Waals surface area contributed by atoms with Crippen molar-refractivity contribution in [2.45, 2.75) is 17.9 Å². The zero-order valence-corrected chi connectivity index (χ0v) is 11.6. The molecule has 0 aliphatic carbocycles. The fourth-order valence-electron chi connectivity index (χ4n) is 2.18. The molecule has 0 spiro atoms. The number of nitrogens with one attached hydrogen (secondary N) is 2. The first-order valence-corrected chi connectivity index (χ1v) is 7.87. The molecule has 0 aromatic carbocycles. The molecule has 1 saturated heterocycles. The van der Waals surface area contributed by atoms with Gasteiger partial charge in [0.2, 0.25) is 0 Å². The summed E-state index contributed by atoms with van der Waals surface area (Å²) in [5, 5.41) is 6.08. The molecule has 0 bridgehead atoms. The summed E-state index contributed by atoms with van der Waals surface area (Å²) < 4.78 is 26.4. The van der Waals surface area contributed by atoms with Gasteiger partial charge in [0.15, 0.2) is 5.03 Å². The van der Waals surface area contributed by atoms with Gasteiger partial charge in [0.05, 0.1) is 18.1 Å². The van der Waals surface area contributed by atoms with Crippen LogP contribution in [-0.2, 0) is 10.0 Å². The number of rotatable bonds is 4. The van der Waals surface area contributed by atoms with Crippen LogP contribution in [0.5, 0.6) is 0 Å². The second-order valence-electron chi connectivity index (χ2n) is 4.63. The lowest BCUT2D eigenvalue weighted by atomic mass is 10.4. The van der Waals surface area contributed by atoms with Gasteiger partial charge in [0.1, 0.15) is 5.82 Å². The topological polar surface area (TPSA) is 91.0 Å². The first kappa shape index (κ1) is 12.9. The summed E-state index contributed by atoms with van der Waals surface area (Å²) in [4.78, 5) is 6.49. The number of H-pyrrole nitrogens is 1. The summed E-state index contributed by atoms with van der Waals surface area (Å²) in [5.74, 6) is 0.881. The third-order valence-corrected chi connectivity index (χ3v) is 4.51. The molecule has 0 amide bonds. The summed E-state index contributed by atoms with van der Waals surface area (Å²) >= 11 is 0. The Bertz CT molecular complexity index is 660. The summed E-state index contributed by atoms with van der Waals surface area (Å²) in [5.41, 5.74) is 0.433. The maximum atomic E-state index is 12.0. The van der Waals surface area contributed by atoms with Crippen molar-refractivity contribution in [3.8, 4) is 0 Å². The zero-order valence-electron chi connectivity index (χ0n) is 10.8. The van der Waals surface area contributed by atoms with Crippen molar-refractivity contribution in [3.63, 3.8) is 0 Å². The van der Waals surface area contributed by atoms with Crippen LogP contribution in [0, 0.1) is 0 Å². The smallest absolute Gasteiger partial charge is 0.278 e. The lowest BCUT2D eigenvalue weighted by Gasteiger charge is -2.16. The van der Waals surface area contributed by atoms with Crippen molar-refractivity contribution in [2.75, 3.05) is 22.7 Å². The Kier molecular flexibility index (Phi) is 3.31. The summed E-state index contributed by atoms with van der Waals surface area (Å²) in [6, 6.07) is 4.94. The van der Waals surface area contributed by atoms with Gasteiger partial charge in [0.25, 0.3) is 10.0 Å². The molecule has 2 aromatic heterocycles. The minimum absolute atomic E-state index is 0.0288. The molecule has 20 heavy (non-hydrogen) atoms. The molecule has 7 nitrogen and oxygen atoms in total. The van der Waals surface area contributed by atoms with E-state index in [0.717, 1.165) is 18.9 Å². The van der Waals surface area contributed by atoms with Crippen LogP contribution in [0.4, 0.5) is 11.5 Å². The maximum absolute atomic E-state index is 12.0. The molecule has 0 radical (unpaired) electrons. The predicted octanol–water partition coefficient (Wildman–Crippen LogP) is 1.21. The monoisotopic (exact) mass is 293 g/mol. The summed E-state index contributed by atoms with van der Waals surface area (Å²) in [7, 11) is -3.62. The highest BCUT2D eigenvalue weighted by Gasteiger charge is 2.17. The number of anilines is 2. The standard InChI is InChI=1S/C12H15N5O2S/c18-20(19,12-5-6-14-15-12)16-10-3-4-11(13-9-10)17-7-1-2-8-17/h3-6,9,16H,1-2,7-8H2,(H,14,15). The molecule has 0 saturated carbocycles. The maximum Gasteiger partial charge on any atom is 0.278 e. The second kappa shape index (κ2) is 5.12. The van der Waals surface area contributed by atoms with Gasteiger partial charge in [0, 0.05) is 13.1 Å². The molecule has 3 heterocycles. The summed E-state index contributed by atoms with van der Waals surface area (Å²) in [6.45, 7) is 2.01. The van der Waals surface area contributed by atoms with Crippen molar-refractivity contribution in [1.82, 2.24) is 15.2 Å². The first-order chi connectivity index (χ1) is 9.65. The van der Waals surface area contributed by atoms with Gasteiger partial charge in [-0.25, -0.2) is 4.98 Å². The van der Waals surface area contributed by atoms with E-state index in [4.69, 9.17) is 0 Å². The molecule has 0 atom stereocenters. The van der Waals surface area contributed by atoms with Crippen molar-refractivity contribution in [1.29, 1.82) is 0 Å². The zero-order chi connectivity index (χ0) is 14.0. The van der Waals surface area contributed by atoms with Crippen LogP contribution in [0.2, 0.25) is 0 Å². The van der Waals surface area contributed by atoms with Gasteiger partial charge in [-0.15, -0.1) is 0 Å². The SMILES string of the molecule is O=S(=O)(Nc1ccc(N2CCCC2)nc1)c1ccn[nH]1. The van der Waals surface area contributed by atoms with Crippen LogP contribution in [0.1, 0.15) is 12.8 Å². The molecule has 2 aromatic rings. The van der Waals surface area contributed by atoms with Crippen molar-refractivity contribution in [3.05, 3.63) is 30.6 Å². The van der Waals surface area contributed by atoms with E-state index in [1.807, 2.05) is 6.07 Å². The number of hydrogen-bond donors (Lipinski definition) is 2.